The molecular weight excluding hydrogens is 330 g/mol. The van der Waals surface area contributed by atoms with Crippen molar-refractivity contribution >= 4 is 12.0 Å². The van der Waals surface area contributed by atoms with Crippen LogP contribution in [0.3, 0.4) is 0 Å². The molecule has 0 saturated carbocycles. The third-order valence-corrected chi connectivity index (χ3v) is 4.70. The van der Waals surface area contributed by atoms with Gasteiger partial charge in [-0.2, -0.15) is 0 Å². The highest BCUT2D eigenvalue weighted by Crippen LogP contribution is 2.23. The Balaban J connectivity index is 0.000000412. The molecule has 6 heteroatoms. The van der Waals surface area contributed by atoms with Crippen LogP contribution in [0.15, 0.2) is 24.5 Å². The highest BCUT2D eigenvalue weighted by atomic mass is 16.4. The number of primary amides is 1. The number of unbranched alkanes of at least 4 members (excludes halogenated alkanes) is 1. The molecule has 0 spiro atoms. The zero-order valence-corrected chi connectivity index (χ0v) is 16.3. The summed E-state index contributed by atoms with van der Waals surface area (Å²) in [4.78, 5) is 26.6. The van der Waals surface area contributed by atoms with E-state index in [-0.39, 0.29) is 11.3 Å². The second kappa shape index (κ2) is 10.8. The molecule has 1 aromatic heterocycles. The Bertz CT molecular complexity index is 547. The van der Waals surface area contributed by atoms with Gasteiger partial charge in [0, 0.05) is 30.9 Å². The summed E-state index contributed by atoms with van der Waals surface area (Å²) < 4.78 is 0. The fraction of sp³-hybridized carbons (Fsp3) is 0.650. The number of carboxylic acid groups (broad SMARTS) is 1. The number of carbonyl (C=O) groups excluding carboxylic acids is 1. The molecule has 3 N–H and O–H groups in total. The molecule has 0 aromatic carbocycles. The van der Waals surface area contributed by atoms with Gasteiger partial charge in [-0.1, -0.05) is 33.6 Å². The molecule has 0 bridgehead atoms. The number of pyridine rings is 1. The van der Waals surface area contributed by atoms with Gasteiger partial charge in [0.15, 0.2) is 0 Å². The van der Waals surface area contributed by atoms with E-state index < -0.39 is 6.09 Å². The zero-order valence-electron chi connectivity index (χ0n) is 16.3. The first-order chi connectivity index (χ1) is 12.2. The summed E-state index contributed by atoms with van der Waals surface area (Å²) in [5, 5.41) is 8.89. The minimum Gasteiger partial charge on any atom is -0.465 e. The van der Waals surface area contributed by atoms with Crippen LogP contribution in [-0.4, -0.2) is 40.1 Å². The number of amides is 2. The number of likely N-dealkylation sites (tertiary alicyclic amines) is 1. The number of hydrogen-bond donors (Lipinski definition) is 2. The SMILES string of the molecule is CC(C)(C)C(N)=O.O=C(O)N1CCC(CCCCc2ccncc2)CC1. The van der Waals surface area contributed by atoms with Crippen molar-refractivity contribution in [1.29, 1.82) is 0 Å². The van der Waals surface area contributed by atoms with Gasteiger partial charge in [0.2, 0.25) is 5.91 Å². The Morgan fingerprint density at radius 2 is 1.73 bits per heavy atom. The van der Waals surface area contributed by atoms with Gasteiger partial charge in [-0.15, -0.1) is 0 Å². The van der Waals surface area contributed by atoms with Gasteiger partial charge in [-0.05, 0) is 49.3 Å². The van der Waals surface area contributed by atoms with Crippen LogP contribution in [0.25, 0.3) is 0 Å². The lowest BCUT2D eigenvalue weighted by atomic mass is 9.91. The zero-order chi connectivity index (χ0) is 19.6. The monoisotopic (exact) mass is 363 g/mol. The maximum Gasteiger partial charge on any atom is 0.407 e. The lowest BCUT2D eigenvalue weighted by molar-refractivity contribution is -0.125. The first-order valence-corrected chi connectivity index (χ1v) is 9.37. The molecule has 0 radical (unpaired) electrons. The molecule has 146 valence electrons. The number of carbonyl (C=O) groups is 2. The number of nitrogens with zero attached hydrogens (tertiary/aromatic N) is 2. The molecule has 1 aromatic rings. The average molecular weight is 364 g/mol. The average Bonchev–Trinajstić information content (AvgIpc) is 2.60. The summed E-state index contributed by atoms with van der Waals surface area (Å²) in [7, 11) is 0. The van der Waals surface area contributed by atoms with Crippen molar-refractivity contribution < 1.29 is 14.7 Å². The number of rotatable bonds is 5. The summed E-state index contributed by atoms with van der Waals surface area (Å²) in [5.74, 6) is 0.459. The topological polar surface area (TPSA) is 96.5 Å². The molecule has 2 amide bonds. The van der Waals surface area contributed by atoms with Gasteiger partial charge in [-0.25, -0.2) is 4.79 Å². The number of hydrogen-bond acceptors (Lipinski definition) is 3. The van der Waals surface area contributed by atoms with Gasteiger partial charge >= 0.3 is 6.09 Å². The van der Waals surface area contributed by atoms with Crippen LogP contribution in [0.2, 0.25) is 0 Å². The summed E-state index contributed by atoms with van der Waals surface area (Å²) >= 11 is 0. The predicted molar refractivity (Wildman–Crippen MR) is 103 cm³/mol. The van der Waals surface area contributed by atoms with Crippen LogP contribution in [0.5, 0.6) is 0 Å². The van der Waals surface area contributed by atoms with Crippen LogP contribution in [0.1, 0.15) is 58.4 Å². The lowest BCUT2D eigenvalue weighted by Crippen LogP contribution is -2.37. The lowest BCUT2D eigenvalue weighted by Gasteiger charge is -2.29. The molecule has 6 nitrogen and oxygen atoms in total. The standard InChI is InChI=1S/C15H22N2O2.C5H11NO/c18-15(19)17-11-7-14(8-12-17)4-2-1-3-13-5-9-16-10-6-13;1-5(2,3)4(6)7/h5-6,9-10,14H,1-4,7-8,11-12H2,(H,18,19);1-3H3,(H2,6,7). The van der Waals surface area contributed by atoms with E-state index >= 15 is 0 Å². The van der Waals surface area contributed by atoms with Crippen molar-refractivity contribution in [2.45, 2.75) is 59.3 Å². The van der Waals surface area contributed by atoms with Crippen molar-refractivity contribution in [3.63, 3.8) is 0 Å². The van der Waals surface area contributed by atoms with Crippen molar-refractivity contribution in [2.24, 2.45) is 17.1 Å². The van der Waals surface area contributed by atoms with Crippen molar-refractivity contribution in [3.05, 3.63) is 30.1 Å². The minimum absolute atomic E-state index is 0.257. The van der Waals surface area contributed by atoms with Crippen LogP contribution >= 0.6 is 0 Å². The molecule has 0 atom stereocenters. The smallest absolute Gasteiger partial charge is 0.407 e. The van der Waals surface area contributed by atoms with Crippen molar-refractivity contribution in [1.82, 2.24) is 9.88 Å². The fourth-order valence-electron chi connectivity index (χ4n) is 2.72. The van der Waals surface area contributed by atoms with E-state index in [0.717, 1.165) is 19.3 Å². The number of piperidine rings is 1. The van der Waals surface area contributed by atoms with E-state index in [1.54, 1.807) is 20.8 Å². The molecule has 2 rings (SSSR count). The summed E-state index contributed by atoms with van der Waals surface area (Å²) in [6.07, 6.45) is 9.78. The summed E-state index contributed by atoms with van der Waals surface area (Å²) in [6, 6.07) is 4.15. The van der Waals surface area contributed by atoms with E-state index in [1.165, 1.54) is 29.7 Å². The molecule has 26 heavy (non-hydrogen) atoms. The van der Waals surface area contributed by atoms with E-state index in [0.29, 0.717) is 19.0 Å². The third-order valence-electron chi connectivity index (χ3n) is 4.70. The molecule has 2 heterocycles. The van der Waals surface area contributed by atoms with Crippen LogP contribution in [-0.2, 0) is 11.2 Å². The molecular formula is C20H33N3O3. The molecule has 0 aliphatic carbocycles. The van der Waals surface area contributed by atoms with Gasteiger partial charge in [0.05, 0.1) is 0 Å². The van der Waals surface area contributed by atoms with Crippen molar-refractivity contribution in [2.75, 3.05) is 13.1 Å². The molecule has 1 aliphatic rings. The normalized spacial score (nSPS) is 15.1. The largest absolute Gasteiger partial charge is 0.465 e. The van der Waals surface area contributed by atoms with Gasteiger partial charge in [-0.3, -0.25) is 9.78 Å². The van der Waals surface area contributed by atoms with Gasteiger partial charge in [0.1, 0.15) is 0 Å². The second-order valence-corrected chi connectivity index (χ2v) is 7.93. The highest BCUT2D eigenvalue weighted by molar-refractivity contribution is 5.79. The van der Waals surface area contributed by atoms with Crippen LogP contribution < -0.4 is 5.73 Å². The molecule has 1 fully saturated rings. The Morgan fingerprint density at radius 3 is 2.19 bits per heavy atom. The predicted octanol–water partition coefficient (Wildman–Crippen LogP) is 3.70. The summed E-state index contributed by atoms with van der Waals surface area (Å²) in [6.45, 7) is 6.79. The number of nitrogens with two attached hydrogens (primary N) is 1. The Morgan fingerprint density at radius 1 is 1.19 bits per heavy atom. The second-order valence-electron chi connectivity index (χ2n) is 7.93. The Labute approximate surface area is 156 Å². The van der Waals surface area contributed by atoms with E-state index in [4.69, 9.17) is 10.8 Å². The molecule has 1 aliphatic heterocycles. The van der Waals surface area contributed by atoms with Gasteiger partial charge < -0.3 is 15.7 Å². The quantitative estimate of drug-likeness (QED) is 0.780. The van der Waals surface area contributed by atoms with E-state index in [9.17, 15) is 9.59 Å². The first kappa shape index (κ1) is 21.9. The van der Waals surface area contributed by atoms with Crippen molar-refractivity contribution in [3.8, 4) is 0 Å². The van der Waals surface area contributed by atoms with Gasteiger partial charge in [0.25, 0.3) is 0 Å². The Hall–Kier alpha value is -2.11. The molecule has 0 unspecified atom stereocenters. The number of aromatic nitrogens is 1. The van der Waals surface area contributed by atoms with E-state index in [2.05, 4.69) is 17.1 Å². The van der Waals surface area contributed by atoms with Crippen LogP contribution in [0, 0.1) is 11.3 Å². The summed E-state index contributed by atoms with van der Waals surface area (Å²) in [5.41, 5.74) is 5.93. The third kappa shape index (κ3) is 8.83. The first-order valence-electron chi connectivity index (χ1n) is 9.37. The molecule has 1 saturated heterocycles. The minimum atomic E-state index is -0.767. The van der Waals surface area contributed by atoms with E-state index in [1.807, 2.05) is 12.4 Å². The van der Waals surface area contributed by atoms with Crippen LogP contribution in [0.4, 0.5) is 4.79 Å². The number of aryl methyl sites for hydroxylation is 1. The Kier molecular flexibility index (Phi) is 9.10. The fourth-order valence-corrected chi connectivity index (χ4v) is 2.72. The maximum atomic E-state index is 10.8. The maximum absolute atomic E-state index is 10.8. The highest BCUT2D eigenvalue weighted by Gasteiger charge is 2.21.